The van der Waals surface area contributed by atoms with Gasteiger partial charge in [-0.05, 0) is 66.9 Å². The zero-order valence-electron chi connectivity index (χ0n) is 19.7. The molecule has 3 aromatic rings. The first kappa shape index (κ1) is 29.6. The first-order valence-corrected chi connectivity index (χ1v) is 12.1. The lowest BCUT2D eigenvalue weighted by Gasteiger charge is -2.32. The first-order chi connectivity index (χ1) is 16.1. The molecule has 1 aliphatic rings. The van der Waals surface area contributed by atoms with Crippen LogP contribution in [-0.4, -0.2) is 31.1 Å². The maximum atomic E-state index is 6.10. The van der Waals surface area contributed by atoms with E-state index in [1.54, 1.807) is 13.2 Å². The number of ether oxygens (including phenoxy) is 2. The molecule has 4 nitrogen and oxygen atoms in total. The van der Waals surface area contributed by atoms with Crippen molar-refractivity contribution in [3.05, 3.63) is 93.5 Å². The fraction of sp³-hybridized carbons (Fsp3) is 0.333. The summed E-state index contributed by atoms with van der Waals surface area (Å²) in [7, 11) is 1.67. The lowest BCUT2D eigenvalue weighted by atomic mass is 10.0. The average molecular weight is 558 g/mol. The monoisotopic (exact) mass is 556 g/mol. The predicted molar refractivity (Wildman–Crippen MR) is 150 cm³/mol. The van der Waals surface area contributed by atoms with Crippen LogP contribution < -0.4 is 14.8 Å². The van der Waals surface area contributed by atoms with Gasteiger partial charge in [-0.2, -0.15) is 0 Å². The van der Waals surface area contributed by atoms with Crippen LogP contribution in [0.15, 0.2) is 66.7 Å². The number of halogens is 4. The van der Waals surface area contributed by atoms with Gasteiger partial charge in [-0.3, -0.25) is 4.90 Å². The smallest absolute Gasteiger partial charge is 0.161 e. The number of hydrogen-bond donors (Lipinski definition) is 1. The van der Waals surface area contributed by atoms with E-state index in [0.29, 0.717) is 28.4 Å². The van der Waals surface area contributed by atoms with E-state index in [1.807, 2.05) is 24.3 Å². The topological polar surface area (TPSA) is 33.7 Å². The van der Waals surface area contributed by atoms with Crippen LogP contribution in [0, 0.1) is 0 Å². The van der Waals surface area contributed by atoms with Gasteiger partial charge in [0, 0.05) is 19.1 Å². The third-order valence-corrected chi connectivity index (χ3v) is 6.78. The van der Waals surface area contributed by atoms with Crippen molar-refractivity contribution in [1.82, 2.24) is 10.2 Å². The van der Waals surface area contributed by atoms with Gasteiger partial charge < -0.3 is 14.8 Å². The quantitative estimate of drug-likeness (QED) is 0.302. The Kier molecular flexibility index (Phi) is 12.5. The zero-order valence-corrected chi connectivity index (χ0v) is 22.9. The van der Waals surface area contributed by atoms with Crippen LogP contribution in [0.2, 0.25) is 10.0 Å². The molecule has 1 aliphatic heterocycles. The number of hydrogen-bond acceptors (Lipinski definition) is 4. The Morgan fingerprint density at radius 2 is 1.54 bits per heavy atom. The van der Waals surface area contributed by atoms with E-state index in [1.165, 1.54) is 11.1 Å². The minimum absolute atomic E-state index is 0. The first-order valence-electron chi connectivity index (χ1n) is 11.3. The Labute approximate surface area is 230 Å². The summed E-state index contributed by atoms with van der Waals surface area (Å²) in [4.78, 5) is 2.54. The van der Waals surface area contributed by atoms with Gasteiger partial charge in [0.05, 0.1) is 17.2 Å². The molecular weight excluding hydrogens is 526 g/mol. The maximum absolute atomic E-state index is 6.10. The second kappa shape index (κ2) is 14.8. The predicted octanol–water partition coefficient (Wildman–Crippen LogP) is 7.18. The van der Waals surface area contributed by atoms with Crippen LogP contribution in [0.5, 0.6) is 11.5 Å². The molecule has 0 spiro atoms. The number of piperidine rings is 1. The van der Waals surface area contributed by atoms with E-state index in [-0.39, 0.29) is 24.8 Å². The standard InChI is InChI=1S/C27H30Cl2N2O2.2ClH/c1-32-27-16-21(8-10-26(27)33-19-22-7-9-24(28)25(29)15-22)17-30-23-11-13-31(14-12-23)18-20-5-3-2-4-6-20;;/h2-10,15-16,23,30H,11-14,17-19H2,1H3;2*1H. The fourth-order valence-electron chi connectivity index (χ4n) is 4.13. The lowest BCUT2D eigenvalue weighted by Crippen LogP contribution is -2.41. The number of benzene rings is 3. The van der Waals surface area contributed by atoms with Gasteiger partial charge in [0.1, 0.15) is 6.61 Å². The van der Waals surface area contributed by atoms with Gasteiger partial charge in [0.25, 0.3) is 0 Å². The van der Waals surface area contributed by atoms with Crippen LogP contribution in [0.4, 0.5) is 0 Å². The van der Waals surface area contributed by atoms with Crippen LogP contribution in [0.1, 0.15) is 29.5 Å². The Morgan fingerprint density at radius 3 is 2.23 bits per heavy atom. The summed E-state index contributed by atoms with van der Waals surface area (Å²) in [5, 5.41) is 4.78. The molecule has 0 unspecified atom stereocenters. The lowest BCUT2D eigenvalue weighted by molar-refractivity contribution is 0.190. The SMILES string of the molecule is COc1cc(CNC2CCN(Cc3ccccc3)CC2)ccc1OCc1ccc(Cl)c(Cl)c1.Cl.Cl. The van der Waals surface area contributed by atoms with E-state index in [0.717, 1.165) is 50.3 Å². The molecule has 1 N–H and O–H groups in total. The average Bonchev–Trinajstić information content (AvgIpc) is 2.85. The van der Waals surface area contributed by atoms with E-state index < -0.39 is 0 Å². The van der Waals surface area contributed by atoms with Crippen molar-refractivity contribution in [2.75, 3.05) is 20.2 Å². The highest BCUT2D eigenvalue weighted by Gasteiger charge is 2.19. The molecule has 0 radical (unpaired) electrons. The Hall–Kier alpha value is -1.66. The summed E-state index contributed by atoms with van der Waals surface area (Å²) in [6.07, 6.45) is 2.32. The van der Waals surface area contributed by atoms with Gasteiger partial charge in [0.15, 0.2) is 11.5 Å². The molecule has 0 saturated carbocycles. The third-order valence-electron chi connectivity index (χ3n) is 6.04. The van der Waals surface area contributed by atoms with Gasteiger partial charge in [0.2, 0.25) is 0 Å². The molecule has 0 aliphatic carbocycles. The number of nitrogens with one attached hydrogen (secondary N) is 1. The molecule has 190 valence electrons. The number of likely N-dealkylation sites (tertiary alicyclic amines) is 1. The molecule has 4 rings (SSSR count). The molecular formula is C27H32Cl4N2O2. The van der Waals surface area contributed by atoms with E-state index in [9.17, 15) is 0 Å². The van der Waals surface area contributed by atoms with Crippen molar-refractivity contribution < 1.29 is 9.47 Å². The van der Waals surface area contributed by atoms with Gasteiger partial charge in [-0.25, -0.2) is 0 Å². The van der Waals surface area contributed by atoms with Crippen molar-refractivity contribution >= 4 is 48.0 Å². The van der Waals surface area contributed by atoms with Crippen molar-refractivity contribution in [2.24, 2.45) is 0 Å². The number of rotatable bonds is 9. The minimum atomic E-state index is 0. The highest BCUT2D eigenvalue weighted by molar-refractivity contribution is 6.42. The Bertz CT molecular complexity index is 1040. The second-order valence-electron chi connectivity index (χ2n) is 8.44. The summed E-state index contributed by atoms with van der Waals surface area (Å²) >= 11 is 12.1. The molecule has 0 bridgehead atoms. The summed E-state index contributed by atoms with van der Waals surface area (Å²) in [5.41, 5.74) is 3.52. The zero-order chi connectivity index (χ0) is 23.0. The number of nitrogens with zero attached hydrogens (tertiary/aromatic N) is 1. The van der Waals surface area contributed by atoms with E-state index in [2.05, 4.69) is 46.6 Å². The summed E-state index contributed by atoms with van der Waals surface area (Å²) in [5.74, 6) is 1.44. The summed E-state index contributed by atoms with van der Waals surface area (Å²) < 4.78 is 11.5. The van der Waals surface area contributed by atoms with Crippen LogP contribution in [0.25, 0.3) is 0 Å². The van der Waals surface area contributed by atoms with Gasteiger partial charge in [-0.15, -0.1) is 24.8 Å². The Morgan fingerprint density at radius 1 is 0.829 bits per heavy atom. The van der Waals surface area contributed by atoms with Crippen LogP contribution >= 0.6 is 48.0 Å². The summed E-state index contributed by atoms with van der Waals surface area (Å²) in [6, 6.07) is 22.8. The summed E-state index contributed by atoms with van der Waals surface area (Å²) in [6.45, 7) is 4.49. The van der Waals surface area contributed by atoms with Crippen LogP contribution in [0.3, 0.4) is 0 Å². The highest BCUT2D eigenvalue weighted by atomic mass is 35.5. The molecule has 1 fully saturated rings. The number of methoxy groups -OCH3 is 1. The fourth-order valence-corrected chi connectivity index (χ4v) is 4.45. The van der Waals surface area contributed by atoms with Crippen molar-refractivity contribution in [2.45, 2.75) is 38.6 Å². The van der Waals surface area contributed by atoms with E-state index in [4.69, 9.17) is 32.7 Å². The molecule has 35 heavy (non-hydrogen) atoms. The normalized spacial score (nSPS) is 14.0. The van der Waals surface area contributed by atoms with Crippen molar-refractivity contribution in [3.8, 4) is 11.5 Å². The van der Waals surface area contributed by atoms with E-state index >= 15 is 0 Å². The van der Waals surface area contributed by atoms with Gasteiger partial charge in [-0.1, -0.05) is 65.7 Å². The third kappa shape index (κ3) is 8.75. The molecule has 0 atom stereocenters. The molecule has 0 amide bonds. The van der Waals surface area contributed by atoms with Gasteiger partial charge >= 0.3 is 0 Å². The molecule has 8 heteroatoms. The van der Waals surface area contributed by atoms with Crippen LogP contribution in [-0.2, 0) is 19.7 Å². The molecule has 3 aromatic carbocycles. The van der Waals surface area contributed by atoms with Crippen molar-refractivity contribution in [1.29, 1.82) is 0 Å². The highest BCUT2D eigenvalue weighted by Crippen LogP contribution is 2.30. The molecule has 0 aromatic heterocycles. The largest absolute Gasteiger partial charge is 0.493 e. The molecule has 1 heterocycles. The molecule has 1 saturated heterocycles. The van der Waals surface area contributed by atoms with Crippen molar-refractivity contribution in [3.63, 3.8) is 0 Å². The second-order valence-corrected chi connectivity index (χ2v) is 9.25. The minimum Gasteiger partial charge on any atom is -0.493 e. The maximum Gasteiger partial charge on any atom is 0.161 e. The Balaban J connectivity index is 0.00000216.